The van der Waals surface area contributed by atoms with Crippen molar-refractivity contribution >= 4 is 0 Å². The molecule has 0 radical (unpaired) electrons. The van der Waals surface area contributed by atoms with E-state index in [-0.39, 0.29) is 12.1 Å². The van der Waals surface area contributed by atoms with E-state index in [9.17, 15) is 0 Å². The molecule has 0 amide bonds. The van der Waals surface area contributed by atoms with E-state index in [2.05, 4.69) is 5.10 Å². The first-order valence-corrected chi connectivity index (χ1v) is 4.18. The maximum Gasteiger partial charge on any atom is 0.0644 e. The third-order valence-electron chi connectivity index (χ3n) is 2.33. The van der Waals surface area contributed by atoms with E-state index in [1.165, 1.54) is 0 Å². The average molecular weight is 167 g/mol. The predicted molar refractivity (Wildman–Crippen MR) is 44.4 cm³/mol. The largest absolute Gasteiger partial charge is 0.394 e. The summed E-state index contributed by atoms with van der Waals surface area (Å²) in [6.07, 6.45) is 3.80. The van der Waals surface area contributed by atoms with Gasteiger partial charge in [0.15, 0.2) is 0 Å². The molecule has 1 aliphatic rings. The van der Waals surface area contributed by atoms with Crippen LogP contribution in [-0.4, -0.2) is 21.5 Å². The first-order chi connectivity index (χ1) is 5.76. The Balaban J connectivity index is 2.24. The quantitative estimate of drug-likeness (QED) is 0.656. The van der Waals surface area contributed by atoms with Crippen LogP contribution in [0.4, 0.5) is 0 Å². The molecule has 1 fully saturated rings. The molecule has 0 saturated heterocycles. The summed E-state index contributed by atoms with van der Waals surface area (Å²) in [5, 5.41) is 12.8. The molecule has 2 rings (SSSR count). The van der Waals surface area contributed by atoms with Crippen molar-refractivity contribution in [1.29, 1.82) is 0 Å². The van der Waals surface area contributed by atoms with Crippen molar-refractivity contribution in [3.05, 3.63) is 18.0 Å². The highest BCUT2D eigenvalue weighted by molar-refractivity contribution is 5.21. The van der Waals surface area contributed by atoms with E-state index in [4.69, 9.17) is 10.8 Å². The van der Waals surface area contributed by atoms with Crippen LogP contribution in [0.3, 0.4) is 0 Å². The molecule has 1 aromatic heterocycles. The number of aliphatic hydroxyl groups is 1. The zero-order valence-electron chi connectivity index (χ0n) is 6.90. The lowest BCUT2D eigenvalue weighted by Gasteiger charge is -2.10. The number of hydrogen-bond donors (Lipinski definition) is 2. The van der Waals surface area contributed by atoms with Gasteiger partial charge in [-0.25, -0.2) is 0 Å². The molecule has 0 aliphatic heterocycles. The number of hydrogen-bond acceptors (Lipinski definition) is 3. The smallest absolute Gasteiger partial charge is 0.0644 e. The van der Waals surface area contributed by atoms with E-state index >= 15 is 0 Å². The van der Waals surface area contributed by atoms with Gasteiger partial charge in [0.2, 0.25) is 0 Å². The second-order valence-electron chi connectivity index (χ2n) is 3.32. The fraction of sp³-hybridized carbons (Fsp3) is 0.625. The van der Waals surface area contributed by atoms with Gasteiger partial charge in [-0.15, -0.1) is 0 Å². The molecule has 1 aromatic rings. The van der Waals surface area contributed by atoms with Gasteiger partial charge in [0.25, 0.3) is 0 Å². The third-order valence-corrected chi connectivity index (χ3v) is 2.33. The molecule has 0 bridgehead atoms. The first-order valence-electron chi connectivity index (χ1n) is 4.18. The molecule has 66 valence electrons. The SMILES string of the molecule is NC1(c2ccnn2CCO)CC1. The van der Waals surface area contributed by atoms with Crippen LogP contribution in [0.15, 0.2) is 12.3 Å². The average Bonchev–Trinajstić information content (AvgIpc) is 2.64. The summed E-state index contributed by atoms with van der Waals surface area (Å²) in [6.45, 7) is 0.659. The lowest BCUT2D eigenvalue weighted by Crippen LogP contribution is -2.24. The summed E-state index contributed by atoms with van der Waals surface area (Å²) in [7, 11) is 0. The van der Waals surface area contributed by atoms with Gasteiger partial charge in [-0.3, -0.25) is 4.68 Å². The van der Waals surface area contributed by atoms with E-state index < -0.39 is 0 Å². The Hall–Kier alpha value is -0.870. The van der Waals surface area contributed by atoms with Crippen LogP contribution in [-0.2, 0) is 12.1 Å². The second kappa shape index (κ2) is 2.57. The van der Waals surface area contributed by atoms with Gasteiger partial charge in [-0.05, 0) is 18.9 Å². The van der Waals surface area contributed by atoms with Crippen LogP contribution < -0.4 is 5.73 Å². The minimum atomic E-state index is -0.147. The maximum atomic E-state index is 8.75. The zero-order chi connectivity index (χ0) is 8.60. The fourth-order valence-electron chi connectivity index (χ4n) is 1.42. The molecule has 3 N–H and O–H groups in total. The molecule has 12 heavy (non-hydrogen) atoms. The van der Waals surface area contributed by atoms with Gasteiger partial charge >= 0.3 is 0 Å². The van der Waals surface area contributed by atoms with E-state index in [1.807, 2.05) is 6.07 Å². The number of aliphatic hydroxyl groups excluding tert-OH is 1. The Morgan fingerprint density at radius 1 is 1.67 bits per heavy atom. The van der Waals surface area contributed by atoms with Crippen LogP contribution in [0, 0.1) is 0 Å². The van der Waals surface area contributed by atoms with Crippen molar-refractivity contribution in [3.63, 3.8) is 0 Å². The van der Waals surface area contributed by atoms with Gasteiger partial charge in [-0.1, -0.05) is 0 Å². The molecule has 0 unspecified atom stereocenters. The standard InChI is InChI=1S/C8H13N3O/c9-8(2-3-8)7-1-4-10-11(7)5-6-12/h1,4,12H,2-3,5-6,9H2. The normalized spacial score (nSPS) is 19.5. The molecule has 1 saturated carbocycles. The molecule has 1 heterocycles. The number of aromatic nitrogens is 2. The number of nitrogens with zero attached hydrogens (tertiary/aromatic N) is 2. The summed E-state index contributed by atoms with van der Waals surface area (Å²) in [5.41, 5.74) is 6.91. The van der Waals surface area contributed by atoms with E-state index in [0.29, 0.717) is 6.54 Å². The summed E-state index contributed by atoms with van der Waals surface area (Å²) in [4.78, 5) is 0. The topological polar surface area (TPSA) is 64.1 Å². The van der Waals surface area contributed by atoms with E-state index in [1.54, 1.807) is 10.9 Å². The minimum absolute atomic E-state index is 0.116. The highest BCUT2D eigenvalue weighted by Crippen LogP contribution is 2.42. The summed E-state index contributed by atoms with van der Waals surface area (Å²) in [5.74, 6) is 0. The Morgan fingerprint density at radius 3 is 3.00 bits per heavy atom. The summed E-state index contributed by atoms with van der Waals surface area (Å²) in [6, 6.07) is 1.93. The molecule has 0 spiro atoms. The molecule has 0 aromatic carbocycles. The summed E-state index contributed by atoms with van der Waals surface area (Å²) >= 11 is 0. The maximum absolute atomic E-state index is 8.75. The number of nitrogens with two attached hydrogens (primary N) is 1. The van der Waals surface area contributed by atoms with Gasteiger partial charge < -0.3 is 10.8 Å². The Kier molecular flexibility index (Phi) is 1.66. The molecule has 1 aliphatic carbocycles. The van der Waals surface area contributed by atoms with Gasteiger partial charge in [0.1, 0.15) is 0 Å². The van der Waals surface area contributed by atoms with Crippen molar-refractivity contribution in [3.8, 4) is 0 Å². The Morgan fingerprint density at radius 2 is 2.42 bits per heavy atom. The second-order valence-corrected chi connectivity index (χ2v) is 3.32. The Labute approximate surface area is 71.0 Å². The monoisotopic (exact) mass is 167 g/mol. The Bertz CT molecular complexity index is 278. The summed E-state index contributed by atoms with van der Waals surface area (Å²) < 4.78 is 1.78. The molecule has 4 heteroatoms. The van der Waals surface area contributed by atoms with E-state index in [0.717, 1.165) is 18.5 Å². The van der Waals surface area contributed by atoms with Crippen molar-refractivity contribution in [2.24, 2.45) is 5.73 Å². The van der Waals surface area contributed by atoms with Crippen molar-refractivity contribution < 1.29 is 5.11 Å². The van der Waals surface area contributed by atoms with Gasteiger partial charge in [0.05, 0.1) is 24.4 Å². The van der Waals surface area contributed by atoms with Crippen LogP contribution in [0.25, 0.3) is 0 Å². The molecular weight excluding hydrogens is 154 g/mol. The first kappa shape index (κ1) is 7.76. The zero-order valence-corrected chi connectivity index (χ0v) is 6.90. The van der Waals surface area contributed by atoms with Crippen LogP contribution in [0.1, 0.15) is 18.5 Å². The predicted octanol–water partition coefficient (Wildman–Crippen LogP) is -0.177. The fourth-order valence-corrected chi connectivity index (χ4v) is 1.42. The van der Waals surface area contributed by atoms with Gasteiger partial charge in [0, 0.05) is 6.20 Å². The molecular formula is C8H13N3O. The van der Waals surface area contributed by atoms with Crippen molar-refractivity contribution in [1.82, 2.24) is 9.78 Å². The van der Waals surface area contributed by atoms with Crippen LogP contribution in [0.5, 0.6) is 0 Å². The van der Waals surface area contributed by atoms with Crippen LogP contribution >= 0.6 is 0 Å². The lowest BCUT2D eigenvalue weighted by atomic mass is 10.2. The highest BCUT2D eigenvalue weighted by atomic mass is 16.3. The van der Waals surface area contributed by atoms with Crippen molar-refractivity contribution in [2.45, 2.75) is 24.9 Å². The van der Waals surface area contributed by atoms with Crippen molar-refractivity contribution in [2.75, 3.05) is 6.61 Å². The van der Waals surface area contributed by atoms with Gasteiger partial charge in [-0.2, -0.15) is 5.10 Å². The van der Waals surface area contributed by atoms with Crippen LogP contribution in [0.2, 0.25) is 0 Å². The molecule has 4 nitrogen and oxygen atoms in total. The number of rotatable bonds is 3. The molecule has 0 atom stereocenters. The third kappa shape index (κ3) is 1.13. The lowest BCUT2D eigenvalue weighted by molar-refractivity contribution is 0.265. The highest BCUT2D eigenvalue weighted by Gasteiger charge is 2.42. The minimum Gasteiger partial charge on any atom is -0.394 e.